The van der Waals surface area contributed by atoms with Gasteiger partial charge in [-0.1, -0.05) is 63.1 Å². The van der Waals surface area contributed by atoms with Crippen LogP contribution in [-0.2, 0) is 39.1 Å². The van der Waals surface area contributed by atoms with Gasteiger partial charge in [0, 0.05) is 26.2 Å². The predicted molar refractivity (Wildman–Crippen MR) is 175 cm³/mol. The molecule has 0 spiro atoms. The zero-order valence-corrected chi connectivity index (χ0v) is 29.2. The van der Waals surface area contributed by atoms with Crippen molar-refractivity contribution >= 4 is 31.9 Å². The molecule has 1 heterocycles. The van der Waals surface area contributed by atoms with E-state index in [1.54, 1.807) is 52.0 Å². The number of benzene rings is 2. The topological polar surface area (TPSA) is 151 Å². The second-order valence-corrected chi connectivity index (χ2v) is 15.6. The van der Waals surface area contributed by atoms with Crippen LogP contribution in [0.2, 0.25) is 0 Å². The molecule has 3 rings (SSSR count). The third-order valence-corrected chi connectivity index (χ3v) is 10.7. The second-order valence-electron chi connectivity index (χ2n) is 12.2. The molecule has 12 nitrogen and oxygen atoms in total. The molecule has 1 aliphatic rings. The third-order valence-electron chi connectivity index (χ3n) is 7.74. The summed E-state index contributed by atoms with van der Waals surface area (Å²) in [6, 6.07) is 10.8. The molecule has 0 aliphatic carbocycles. The van der Waals surface area contributed by atoms with Crippen molar-refractivity contribution in [3.05, 3.63) is 59.7 Å². The van der Waals surface area contributed by atoms with E-state index in [2.05, 4.69) is 9.44 Å². The lowest BCUT2D eigenvalue weighted by atomic mass is 10.0. The lowest BCUT2D eigenvalue weighted by molar-refractivity contribution is -0.137. The molecule has 0 unspecified atom stereocenters. The SMILES string of the molecule is Cc1ccc(S(=O)(=O)N[C@H](C(=O)N2CCOCCN(C(=O)[C@H](NS(=O)(=O)c3ccc(C)cc3)C(C)C)CCOCC2)C(C)C)cc1. The highest BCUT2D eigenvalue weighted by molar-refractivity contribution is 7.89. The molecule has 14 heteroatoms. The van der Waals surface area contributed by atoms with E-state index in [-0.39, 0.29) is 86.0 Å². The number of sulfonamides is 2. The average molecular weight is 681 g/mol. The minimum atomic E-state index is -3.94. The van der Waals surface area contributed by atoms with E-state index in [0.717, 1.165) is 11.1 Å². The lowest BCUT2D eigenvalue weighted by Crippen LogP contribution is -2.53. The largest absolute Gasteiger partial charge is 0.378 e. The molecule has 1 fully saturated rings. The number of amides is 2. The van der Waals surface area contributed by atoms with Gasteiger partial charge in [0.05, 0.1) is 36.2 Å². The van der Waals surface area contributed by atoms with Gasteiger partial charge in [0.15, 0.2) is 0 Å². The van der Waals surface area contributed by atoms with Crippen LogP contribution in [0.1, 0.15) is 38.8 Å². The highest BCUT2D eigenvalue weighted by atomic mass is 32.2. The van der Waals surface area contributed by atoms with Gasteiger partial charge in [-0.15, -0.1) is 0 Å². The molecule has 1 aliphatic heterocycles. The standard InChI is InChI=1S/C32H48N4O8S2/c1-23(2)29(33-45(39,40)27-11-7-25(5)8-12-27)31(37)35-15-19-43-21-17-36(18-22-44-20-16-35)32(38)30(24(3)4)34-46(41,42)28-13-9-26(6)10-14-28/h7-14,23-24,29-30,33-34H,15-22H2,1-6H3/t29-,30+. The van der Waals surface area contributed by atoms with Crippen LogP contribution in [-0.4, -0.2) is 103 Å². The van der Waals surface area contributed by atoms with E-state index < -0.39 is 32.1 Å². The Bertz CT molecular complexity index is 1380. The molecule has 46 heavy (non-hydrogen) atoms. The summed E-state index contributed by atoms with van der Waals surface area (Å²) in [4.78, 5) is 30.4. The lowest BCUT2D eigenvalue weighted by Gasteiger charge is -2.32. The normalized spacial score (nSPS) is 17.3. The Balaban J connectivity index is 1.64. The molecule has 2 atom stereocenters. The first kappa shape index (κ1) is 37.6. The second kappa shape index (κ2) is 16.8. The maximum absolute atomic E-state index is 13.6. The maximum atomic E-state index is 13.6. The van der Waals surface area contributed by atoms with Crippen molar-refractivity contribution in [1.29, 1.82) is 0 Å². The van der Waals surface area contributed by atoms with Gasteiger partial charge in [0.25, 0.3) is 0 Å². The number of nitrogens with one attached hydrogen (secondary N) is 2. The zero-order valence-electron chi connectivity index (χ0n) is 27.6. The summed E-state index contributed by atoms with van der Waals surface area (Å²) in [7, 11) is -7.88. The van der Waals surface area contributed by atoms with Gasteiger partial charge in [-0.3, -0.25) is 9.59 Å². The molecule has 2 aromatic carbocycles. The highest BCUT2D eigenvalue weighted by Gasteiger charge is 2.33. The first-order valence-corrected chi connectivity index (χ1v) is 18.5. The third kappa shape index (κ3) is 10.6. The van der Waals surface area contributed by atoms with Crippen molar-refractivity contribution in [3.8, 4) is 0 Å². The quantitative estimate of drug-likeness (QED) is 0.388. The smallest absolute Gasteiger partial charge is 0.241 e. The van der Waals surface area contributed by atoms with Crippen LogP contribution in [0.4, 0.5) is 0 Å². The number of carbonyl (C=O) groups excluding carboxylic acids is 2. The molecule has 0 bridgehead atoms. The molecule has 1 saturated heterocycles. The summed E-state index contributed by atoms with van der Waals surface area (Å²) in [6.07, 6.45) is 0. The number of hydrogen-bond donors (Lipinski definition) is 2. The van der Waals surface area contributed by atoms with Crippen molar-refractivity contribution in [2.24, 2.45) is 11.8 Å². The summed E-state index contributed by atoms with van der Waals surface area (Å²) < 4.78 is 69.1. The maximum Gasteiger partial charge on any atom is 0.241 e. The van der Waals surface area contributed by atoms with Crippen molar-refractivity contribution in [1.82, 2.24) is 19.2 Å². The monoisotopic (exact) mass is 680 g/mol. The number of rotatable bonds is 10. The summed E-state index contributed by atoms with van der Waals surface area (Å²) in [6.45, 7) is 12.2. The predicted octanol–water partition coefficient (Wildman–Crippen LogP) is 2.31. The Kier molecular flexibility index (Phi) is 13.7. The summed E-state index contributed by atoms with van der Waals surface area (Å²) >= 11 is 0. The molecule has 2 aromatic rings. The first-order chi connectivity index (χ1) is 21.6. The van der Waals surface area contributed by atoms with Crippen LogP contribution in [0.5, 0.6) is 0 Å². The van der Waals surface area contributed by atoms with E-state index in [9.17, 15) is 26.4 Å². The number of hydrogen-bond acceptors (Lipinski definition) is 8. The molecular weight excluding hydrogens is 633 g/mol. The molecule has 256 valence electrons. The Morgan fingerprint density at radius 1 is 0.587 bits per heavy atom. The molecule has 2 N–H and O–H groups in total. The highest BCUT2D eigenvalue weighted by Crippen LogP contribution is 2.17. The van der Waals surface area contributed by atoms with Gasteiger partial charge < -0.3 is 19.3 Å². The van der Waals surface area contributed by atoms with E-state index >= 15 is 0 Å². The van der Waals surface area contributed by atoms with E-state index in [1.165, 1.54) is 34.1 Å². The van der Waals surface area contributed by atoms with Crippen LogP contribution >= 0.6 is 0 Å². The first-order valence-electron chi connectivity index (χ1n) is 15.5. The van der Waals surface area contributed by atoms with Crippen molar-refractivity contribution in [2.75, 3.05) is 52.6 Å². The molecule has 0 aromatic heterocycles. The summed E-state index contributed by atoms with van der Waals surface area (Å²) in [5.41, 5.74) is 1.84. The fourth-order valence-corrected chi connectivity index (χ4v) is 7.48. The number of aryl methyl sites for hydroxylation is 2. The molecular formula is C32H48N4O8S2. The van der Waals surface area contributed by atoms with Gasteiger partial charge in [-0.05, 0) is 49.9 Å². The number of carbonyl (C=O) groups is 2. The Hall–Kier alpha value is -2.88. The van der Waals surface area contributed by atoms with Crippen molar-refractivity contribution in [2.45, 2.75) is 63.4 Å². The molecule has 0 saturated carbocycles. The number of nitrogens with zero attached hydrogens (tertiary/aromatic N) is 2. The van der Waals surface area contributed by atoms with Crippen LogP contribution in [0.3, 0.4) is 0 Å². The van der Waals surface area contributed by atoms with Crippen molar-refractivity contribution in [3.63, 3.8) is 0 Å². The van der Waals surface area contributed by atoms with Crippen LogP contribution in [0, 0.1) is 25.7 Å². The van der Waals surface area contributed by atoms with Crippen molar-refractivity contribution < 1.29 is 35.9 Å². The minimum absolute atomic E-state index is 0.0821. The van der Waals surface area contributed by atoms with Gasteiger partial charge in [0.2, 0.25) is 31.9 Å². The van der Waals surface area contributed by atoms with E-state index in [1.807, 2.05) is 13.8 Å². The average Bonchev–Trinajstić information content (AvgIpc) is 2.98. The number of ether oxygens (including phenoxy) is 2. The summed E-state index contributed by atoms with van der Waals surface area (Å²) in [5.74, 6) is -1.42. The minimum Gasteiger partial charge on any atom is -0.378 e. The zero-order chi connectivity index (χ0) is 34.1. The molecule has 0 radical (unpaired) electrons. The Morgan fingerprint density at radius 3 is 1.13 bits per heavy atom. The van der Waals surface area contributed by atoms with Crippen LogP contribution in [0.15, 0.2) is 58.3 Å². The van der Waals surface area contributed by atoms with Gasteiger partial charge in [-0.2, -0.15) is 9.44 Å². The fourth-order valence-electron chi connectivity index (χ4n) is 4.81. The van der Waals surface area contributed by atoms with Gasteiger partial charge in [-0.25, -0.2) is 16.8 Å². The fraction of sp³-hybridized carbons (Fsp3) is 0.562. The molecule has 2 amide bonds. The van der Waals surface area contributed by atoms with E-state index in [0.29, 0.717) is 0 Å². The Morgan fingerprint density at radius 2 is 0.870 bits per heavy atom. The Labute approximate surface area is 273 Å². The van der Waals surface area contributed by atoms with E-state index in [4.69, 9.17) is 9.47 Å². The van der Waals surface area contributed by atoms with Crippen LogP contribution < -0.4 is 9.44 Å². The van der Waals surface area contributed by atoms with Gasteiger partial charge in [0.1, 0.15) is 12.1 Å². The van der Waals surface area contributed by atoms with Gasteiger partial charge >= 0.3 is 0 Å². The summed E-state index contributed by atoms with van der Waals surface area (Å²) in [5, 5.41) is 0. The van der Waals surface area contributed by atoms with Crippen LogP contribution in [0.25, 0.3) is 0 Å².